The summed E-state index contributed by atoms with van der Waals surface area (Å²) in [5, 5.41) is 0.116. The molecule has 0 amide bonds. The van der Waals surface area contributed by atoms with E-state index in [1.165, 1.54) is 12.1 Å². The van der Waals surface area contributed by atoms with Crippen molar-refractivity contribution in [1.82, 2.24) is 0 Å². The Hall–Kier alpha value is -0.563. The largest absolute Gasteiger partial charge is 0.493 e. The van der Waals surface area contributed by atoms with E-state index in [4.69, 9.17) is 19.8 Å². The van der Waals surface area contributed by atoms with Crippen LogP contribution in [0.1, 0.15) is 38.9 Å². The molecule has 1 atom stereocenters. The van der Waals surface area contributed by atoms with Crippen molar-refractivity contribution in [2.75, 3.05) is 6.61 Å². The van der Waals surface area contributed by atoms with Crippen molar-refractivity contribution in [2.45, 2.75) is 56.3 Å². The Morgan fingerprint density at radius 3 is 2.50 bits per heavy atom. The van der Waals surface area contributed by atoms with Gasteiger partial charge in [-0.2, -0.15) is 0 Å². The highest BCUT2D eigenvalue weighted by atomic mass is 35.7. The third-order valence-corrected chi connectivity index (χ3v) is 10.3. The molecule has 0 fully saturated rings. The molecule has 2 rings (SSSR count). The van der Waals surface area contributed by atoms with Crippen molar-refractivity contribution in [2.24, 2.45) is 0 Å². The first-order chi connectivity index (χ1) is 9.92. The highest BCUT2D eigenvalue weighted by Crippen LogP contribution is 2.43. The first-order valence-corrected chi connectivity index (χ1v) is 12.5. The molecule has 0 radical (unpaired) electrons. The normalized spacial score (nSPS) is 19.5. The Morgan fingerprint density at radius 2 is 1.95 bits per heavy atom. The van der Waals surface area contributed by atoms with Crippen LogP contribution in [0.2, 0.25) is 18.1 Å². The van der Waals surface area contributed by atoms with Crippen LogP contribution in [-0.4, -0.2) is 23.3 Å². The summed E-state index contributed by atoms with van der Waals surface area (Å²) in [7, 11) is -0.267. The fourth-order valence-electron chi connectivity index (χ4n) is 2.14. The molecule has 1 aromatic rings. The van der Waals surface area contributed by atoms with Gasteiger partial charge in [0.2, 0.25) is 0 Å². The van der Waals surface area contributed by atoms with Gasteiger partial charge >= 0.3 is 0 Å². The number of hydrogen-bond acceptors (Lipinski definition) is 4. The van der Waals surface area contributed by atoms with Crippen LogP contribution in [0.15, 0.2) is 23.1 Å². The lowest BCUT2D eigenvalue weighted by Crippen LogP contribution is -2.42. The van der Waals surface area contributed by atoms with Crippen molar-refractivity contribution in [3.63, 3.8) is 0 Å². The lowest BCUT2D eigenvalue weighted by Gasteiger charge is -2.40. The van der Waals surface area contributed by atoms with Crippen molar-refractivity contribution >= 4 is 28.1 Å². The van der Waals surface area contributed by atoms with Gasteiger partial charge in [-0.25, -0.2) is 8.42 Å². The van der Waals surface area contributed by atoms with E-state index in [0.717, 1.165) is 12.0 Å². The molecule has 124 valence electrons. The Morgan fingerprint density at radius 1 is 1.32 bits per heavy atom. The number of fused-ring (bicyclic) bond motifs is 1. The van der Waals surface area contributed by atoms with E-state index in [2.05, 4.69) is 33.9 Å². The number of hydrogen-bond donors (Lipinski definition) is 0. The monoisotopic (exact) mass is 362 g/mol. The van der Waals surface area contributed by atoms with Gasteiger partial charge in [-0.3, -0.25) is 0 Å². The molecule has 0 spiro atoms. The minimum atomic E-state index is -3.75. The summed E-state index contributed by atoms with van der Waals surface area (Å²) in [4.78, 5) is 0.0564. The third-order valence-electron chi connectivity index (χ3n) is 4.49. The fraction of sp³-hybridized carbons (Fsp3) is 0.600. The molecule has 0 saturated carbocycles. The molecular formula is C15H23ClO4SSi. The van der Waals surface area contributed by atoms with Gasteiger partial charge in [0, 0.05) is 28.7 Å². The second-order valence-electron chi connectivity index (χ2n) is 7.14. The van der Waals surface area contributed by atoms with Gasteiger partial charge in [-0.1, -0.05) is 26.8 Å². The first kappa shape index (κ1) is 17.8. The average Bonchev–Trinajstić information content (AvgIpc) is 2.35. The number of halogens is 1. The molecule has 0 bridgehead atoms. The maximum Gasteiger partial charge on any atom is 0.261 e. The van der Waals surface area contributed by atoms with Crippen LogP contribution >= 0.6 is 10.7 Å². The van der Waals surface area contributed by atoms with E-state index in [0.29, 0.717) is 12.4 Å². The van der Waals surface area contributed by atoms with E-state index < -0.39 is 17.4 Å². The Balaban J connectivity index is 2.34. The second-order valence-corrected chi connectivity index (χ2v) is 14.5. The molecule has 1 heterocycles. The summed E-state index contributed by atoms with van der Waals surface area (Å²) in [5.41, 5.74) is 0.903. The standard InChI is InChI=1S/C15H23ClO4SSi/c1-15(2,3)22(4,5)20-13-8-9-19-14-10-11(21(16,17)18)6-7-12(13)14/h6-7,10,13H,8-9H2,1-5H3. The smallest absolute Gasteiger partial charge is 0.261 e. The van der Waals surface area contributed by atoms with Gasteiger partial charge in [-0.15, -0.1) is 0 Å². The maximum atomic E-state index is 11.4. The molecule has 0 aromatic heterocycles. The summed E-state index contributed by atoms with van der Waals surface area (Å²) in [6, 6.07) is 4.75. The van der Waals surface area contributed by atoms with Crippen molar-refractivity contribution < 1.29 is 17.6 Å². The van der Waals surface area contributed by atoms with Crippen molar-refractivity contribution in [3.05, 3.63) is 23.8 Å². The van der Waals surface area contributed by atoms with E-state index >= 15 is 0 Å². The summed E-state index contributed by atoms with van der Waals surface area (Å²) in [6.45, 7) is 11.5. The summed E-state index contributed by atoms with van der Waals surface area (Å²) in [6.07, 6.45) is 0.712. The van der Waals surface area contributed by atoms with Crippen LogP contribution < -0.4 is 4.74 Å². The number of rotatable bonds is 3. The molecular weight excluding hydrogens is 340 g/mol. The zero-order chi connectivity index (χ0) is 16.8. The SMILES string of the molecule is CC(C)(C)[Si](C)(C)OC1CCOc2cc(S(=O)(=O)Cl)ccc21. The van der Waals surface area contributed by atoms with Gasteiger partial charge in [0.25, 0.3) is 9.05 Å². The molecule has 7 heteroatoms. The van der Waals surface area contributed by atoms with Gasteiger partial charge in [0.1, 0.15) is 5.75 Å². The summed E-state index contributed by atoms with van der Waals surface area (Å²) >= 11 is 0. The topological polar surface area (TPSA) is 52.6 Å². The number of ether oxygens (including phenoxy) is 1. The Kier molecular flexibility index (Phi) is 4.70. The van der Waals surface area contributed by atoms with Crippen LogP contribution in [0, 0.1) is 0 Å². The van der Waals surface area contributed by atoms with Gasteiger partial charge in [0.05, 0.1) is 17.6 Å². The fourth-order valence-corrected chi connectivity index (χ4v) is 4.22. The predicted molar refractivity (Wildman–Crippen MR) is 90.6 cm³/mol. The van der Waals surface area contributed by atoms with Crippen molar-refractivity contribution in [3.8, 4) is 5.75 Å². The zero-order valence-electron chi connectivity index (χ0n) is 13.6. The highest BCUT2D eigenvalue weighted by Gasteiger charge is 2.40. The molecule has 0 saturated heterocycles. The lowest BCUT2D eigenvalue weighted by molar-refractivity contribution is 0.122. The molecule has 1 aromatic carbocycles. The molecule has 0 aliphatic carbocycles. The maximum absolute atomic E-state index is 11.4. The molecule has 1 aliphatic rings. The van der Waals surface area contributed by atoms with E-state index in [1.54, 1.807) is 6.07 Å². The molecule has 0 N–H and O–H groups in total. The van der Waals surface area contributed by atoms with E-state index in [9.17, 15) is 8.42 Å². The van der Waals surface area contributed by atoms with Gasteiger partial charge < -0.3 is 9.16 Å². The van der Waals surface area contributed by atoms with Gasteiger partial charge in [-0.05, 0) is 24.2 Å². The third kappa shape index (κ3) is 3.67. The molecule has 1 aliphatic heterocycles. The lowest BCUT2D eigenvalue weighted by atomic mass is 10.0. The molecule has 22 heavy (non-hydrogen) atoms. The minimum absolute atomic E-state index is 0.0564. The summed E-state index contributed by atoms with van der Waals surface area (Å²) in [5.74, 6) is 0.552. The van der Waals surface area contributed by atoms with Gasteiger partial charge in [0.15, 0.2) is 8.32 Å². The van der Waals surface area contributed by atoms with Crippen LogP contribution in [-0.2, 0) is 13.5 Å². The second kappa shape index (κ2) is 5.82. The highest BCUT2D eigenvalue weighted by molar-refractivity contribution is 8.13. The minimum Gasteiger partial charge on any atom is -0.493 e. The summed E-state index contributed by atoms with van der Waals surface area (Å²) < 4.78 is 35.0. The van der Waals surface area contributed by atoms with E-state index in [-0.39, 0.29) is 16.0 Å². The van der Waals surface area contributed by atoms with Crippen molar-refractivity contribution in [1.29, 1.82) is 0 Å². The first-order valence-electron chi connectivity index (χ1n) is 7.31. The Labute approximate surface area is 138 Å². The molecule has 4 nitrogen and oxygen atoms in total. The Bertz CT molecular complexity index is 665. The van der Waals surface area contributed by atoms with Crippen LogP contribution in [0.5, 0.6) is 5.75 Å². The van der Waals surface area contributed by atoms with E-state index in [1.807, 2.05) is 0 Å². The van der Waals surface area contributed by atoms with Crippen LogP contribution in [0.25, 0.3) is 0 Å². The van der Waals surface area contributed by atoms with Crippen LogP contribution in [0.4, 0.5) is 0 Å². The quantitative estimate of drug-likeness (QED) is 0.588. The zero-order valence-corrected chi connectivity index (χ0v) is 16.2. The average molecular weight is 363 g/mol. The predicted octanol–water partition coefficient (Wildman–Crippen LogP) is 4.46. The molecule has 1 unspecified atom stereocenters. The van der Waals surface area contributed by atoms with Crippen LogP contribution in [0.3, 0.4) is 0 Å². The number of benzene rings is 1.